The van der Waals surface area contributed by atoms with Gasteiger partial charge in [0, 0.05) is 24.6 Å². The fourth-order valence-electron chi connectivity index (χ4n) is 1.66. The van der Waals surface area contributed by atoms with Gasteiger partial charge in [-0.3, -0.25) is 0 Å². The molecule has 0 unspecified atom stereocenters. The zero-order valence-corrected chi connectivity index (χ0v) is 11.8. The van der Waals surface area contributed by atoms with E-state index in [1.165, 1.54) is 6.07 Å². The number of nitrogens with zero attached hydrogens (tertiary/aromatic N) is 2. The predicted molar refractivity (Wildman–Crippen MR) is 76.1 cm³/mol. The molecule has 1 heterocycles. The highest BCUT2D eigenvalue weighted by Crippen LogP contribution is 2.26. The van der Waals surface area contributed by atoms with Crippen molar-refractivity contribution >= 4 is 17.4 Å². The van der Waals surface area contributed by atoms with Gasteiger partial charge in [-0.05, 0) is 18.2 Å². The van der Waals surface area contributed by atoms with Gasteiger partial charge < -0.3 is 5.32 Å². The summed E-state index contributed by atoms with van der Waals surface area (Å²) in [6.07, 6.45) is 0. The molecule has 0 radical (unpaired) electrons. The van der Waals surface area contributed by atoms with Crippen molar-refractivity contribution in [1.29, 1.82) is 0 Å². The number of nitrogens with one attached hydrogen (secondary N) is 1. The molecule has 0 amide bonds. The minimum Gasteiger partial charge on any atom is -0.373 e. The molecular formula is C14H15ClFN3. The van der Waals surface area contributed by atoms with Gasteiger partial charge in [-0.1, -0.05) is 25.4 Å². The van der Waals surface area contributed by atoms with Gasteiger partial charge in [-0.2, -0.15) is 0 Å². The van der Waals surface area contributed by atoms with Gasteiger partial charge in [0.1, 0.15) is 17.5 Å². The van der Waals surface area contributed by atoms with E-state index in [1.807, 2.05) is 19.9 Å². The molecule has 1 aromatic heterocycles. The van der Waals surface area contributed by atoms with Crippen molar-refractivity contribution in [2.75, 3.05) is 12.4 Å². The summed E-state index contributed by atoms with van der Waals surface area (Å²) >= 11 is 5.81. The van der Waals surface area contributed by atoms with Gasteiger partial charge in [-0.15, -0.1) is 0 Å². The van der Waals surface area contributed by atoms with Crippen LogP contribution in [0.25, 0.3) is 11.3 Å². The minimum absolute atomic E-state index is 0.0909. The first-order valence-electron chi connectivity index (χ1n) is 6.03. The molecule has 100 valence electrons. The molecule has 1 aromatic carbocycles. The third-order valence-corrected chi connectivity index (χ3v) is 3.02. The second-order valence-electron chi connectivity index (χ2n) is 4.53. The van der Waals surface area contributed by atoms with Gasteiger partial charge in [0.25, 0.3) is 0 Å². The van der Waals surface area contributed by atoms with Crippen LogP contribution in [0.3, 0.4) is 0 Å². The summed E-state index contributed by atoms with van der Waals surface area (Å²) in [6.45, 7) is 4.05. The molecule has 5 heteroatoms. The Morgan fingerprint density at radius 1 is 1.21 bits per heavy atom. The highest BCUT2D eigenvalue weighted by atomic mass is 35.5. The fourth-order valence-corrected chi connectivity index (χ4v) is 1.84. The fraction of sp³-hybridized carbons (Fsp3) is 0.286. The quantitative estimate of drug-likeness (QED) is 0.919. The average molecular weight is 280 g/mol. The molecule has 0 aliphatic heterocycles. The van der Waals surface area contributed by atoms with Crippen LogP contribution in [-0.2, 0) is 0 Å². The average Bonchev–Trinajstić information content (AvgIpc) is 2.41. The van der Waals surface area contributed by atoms with Gasteiger partial charge in [-0.25, -0.2) is 14.4 Å². The largest absolute Gasteiger partial charge is 0.373 e. The molecular weight excluding hydrogens is 265 g/mol. The normalized spacial score (nSPS) is 10.8. The van der Waals surface area contributed by atoms with E-state index in [4.69, 9.17) is 11.6 Å². The van der Waals surface area contributed by atoms with Crippen LogP contribution < -0.4 is 5.32 Å². The maximum Gasteiger partial charge on any atom is 0.141 e. The van der Waals surface area contributed by atoms with E-state index in [9.17, 15) is 4.39 Å². The van der Waals surface area contributed by atoms with E-state index >= 15 is 0 Å². The summed E-state index contributed by atoms with van der Waals surface area (Å²) in [5, 5.41) is 3.09. The SMILES string of the molecule is CNc1cc(-c2ccc(F)c(Cl)c2)nc(C(C)C)n1. The molecule has 0 aliphatic carbocycles. The van der Waals surface area contributed by atoms with Crippen LogP contribution in [-0.4, -0.2) is 17.0 Å². The highest BCUT2D eigenvalue weighted by Gasteiger charge is 2.10. The van der Waals surface area contributed by atoms with E-state index < -0.39 is 5.82 Å². The molecule has 0 saturated carbocycles. The molecule has 2 rings (SSSR count). The molecule has 0 bridgehead atoms. The summed E-state index contributed by atoms with van der Waals surface area (Å²) in [6, 6.07) is 6.39. The van der Waals surface area contributed by atoms with Gasteiger partial charge in [0.15, 0.2) is 0 Å². The lowest BCUT2D eigenvalue weighted by atomic mass is 10.1. The Labute approximate surface area is 116 Å². The van der Waals surface area contributed by atoms with Crippen LogP contribution >= 0.6 is 11.6 Å². The number of hydrogen-bond acceptors (Lipinski definition) is 3. The first kappa shape index (κ1) is 13.7. The van der Waals surface area contributed by atoms with E-state index in [-0.39, 0.29) is 10.9 Å². The van der Waals surface area contributed by atoms with E-state index in [1.54, 1.807) is 19.2 Å². The second-order valence-corrected chi connectivity index (χ2v) is 4.94. The smallest absolute Gasteiger partial charge is 0.141 e. The van der Waals surface area contributed by atoms with Gasteiger partial charge in [0.2, 0.25) is 0 Å². The number of benzene rings is 1. The predicted octanol–water partition coefficient (Wildman–Crippen LogP) is 4.10. The Hall–Kier alpha value is -1.68. The lowest BCUT2D eigenvalue weighted by molar-refractivity contribution is 0.628. The zero-order chi connectivity index (χ0) is 14.0. The van der Waals surface area contributed by atoms with Crippen LogP contribution in [0.15, 0.2) is 24.3 Å². The maximum atomic E-state index is 13.2. The maximum absolute atomic E-state index is 13.2. The summed E-state index contributed by atoms with van der Waals surface area (Å²) in [7, 11) is 1.80. The molecule has 0 saturated heterocycles. The Balaban J connectivity index is 2.54. The van der Waals surface area contributed by atoms with E-state index in [2.05, 4.69) is 15.3 Å². The Bertz CT molecular complexity index is 599. The van der Waals surface area contributed by atoms with Gasteiger partial charge in [0.05, 0.1) is 10.7 Å². The molecule has 19 heavy (non-hydrogen) atoms. The first-order valence-corrected chi connectivity index (χ1v) is 6.41. The third-order valence-electron chi connectivity index (χ3n) is 2.73. The number of aromatic nitrogens is 2. The van der Waals surface area contributed by atoms with Crippen LogP contribution in [0.5, 0.6) is 0 Å². The number of anilines is 1. The molecule has 0 fully saturated rings. The van der Waals surface area contributed by atoms with Crippen LogP contribution in [0.2, 0.25) is 5.02 Å². The third kappa shape index (κ3) is 3.01. The Kier molecular flexibility index (Phi) is 4.00. The van der Waals surface area contributed by atoms with E-state index in [0.717, 1.165) is 22.9 Å². The summed E-state index contributed by atoms with van der Waals surface area (Å²) in [5.41, 5.74) is 1.50. The standard InChI is InChI=1S/C14H15ClFN3/c1-8(2)14-18-12(7-13(17-3)19-14)9-4-5-11(16)10(15)6-9/h4-8H,1-3H3,(H,17,18,19). The van der Waals surface area contributed by atoms with Crippen LogP contribution in [0.1, 0.15) is 25.6 Å². The Morgan fingerprint density at radius 2 is 1.95 bits per heavy atom. The van der Waals surface area contributed by atoms with Crippen molar-refractivity contribution in [3.8, 4) is 11.3 Å². The monoisotopic (exact) mass is 279 g/mol. The van der Waals surface area contributed by atoms with Crippen molar-refractivity contribution in [1.82, 2.24) is 9.97 Å². The lowest BCUT2D eigenvalue weighted by Gasteiger charge is -2.10. The van der Waals surface area contributed by atoms with Crippen molar-refractivity contribution < 1.29 is 4.39 Å². The summed E-state index contributed by atoms with van der Waals surface area (Å²) in [5.74, 6) is 1.25. The van der Waals surface area contributed by atoms with Crippen molar-refractivity contribution in [2.45, 2.75) is 19.8 Å². The van der Waals surface area contributed by atoms with Crippen molar-refractivity contribution in [3.63, 3.8) is 0 Å². The Morgan fingerprint density at radius 3 is 2.53 bits per heavy atom. The minimum atomic E-state index is -0.433. The van der Waals surface area contributed by atoms with Crippen LogP contribution in [0, 0.1) is 5.82 Å². The van der Waals surface area contributed by atoms with Gasteiger partial charge >= 0.3 is 0 Å². The van der Waals surface area contributed by atoms with Crippen molar-refractivity contribution in [2.24, 2.45) is 0 Å². The molecule has 0 spiro atoms. The van der Waals surface area contributed by atoms with E-state index in [0.29, 0.717) is 0 Å². The number of rotatable bonds is 3. The molecule has 1 N–H and O–H groups in total. The number of halogens is 2. The summed E-state index contributed by atoms with van der Waals surface area (Å²) < 4.78 is 13.2. The highest BCUT2D eigenvalue weighted by molar-refractivity contribution is 6.31. The topological polar surface area (TPSA) is 37.8 Å². The second kappa shape index (κ2) is 5.53. The molecule has 2 aromatic rings. The van der Waals surface area contributed by atoms with Crippen molar-refractivity contribution in [3.05, 3.63) is 40.9 Å². The summed E-state index contributed by atoms with van der Waals surface area (Å²) in [4.78, 5) is 8.88. The number of hydrogen-bond donors (Lipinski definition) is 1. The molecule has 0 aliphatic rings. The zero-order valence-electron chi connectivity index (χ0n) is 11.0. The first-order chi connectivity index (χ1) is 9.01. The molecule has 0 atom stereocenters. The lowest BCUT2D eigenvalue weighted by Crippen LogP contribution is -2.03. The van der Waals surface area contributed by atoms with Crippen LogP contribution in [0.4, 0.5) is 10.2 Å². The molecule has 3 nitrogen and oxygen atoms in total.